The van der Waals surface area contributed by atoms with E-state index in [2.05, 4.69) is 15.9 Å². The summed E-state index contributed by atoms with van der Waals surface area (Å²) in [5.41, 5.74) is 0.681. The molecule has 86 valence electrons. The van der Waals surface area contributed by atoms with Crippen molar-refractivity contribution in [1.29, 1.82) is 0 Å². The molecule has 4 heteroatoms. The molecule has 1 aliphatic heterocycles. The fraction of sp³-hybridized carbons (Fsp3) is 0.154. The van der Waals surface area contributed by atoms with Gasteiger partial charge < -0.3 is 4.74 Å². The quantitative estimate of drug-likeness (QED) is 0.788. The molecule has 0 amide bonds. The molecule has 1 aromatic heterocycles. The SMILES string of the molecule is O=C1CC(c2cccs2)Oc2cc(Br)ccc21. The first-order valence-corrected chi connectivity index (χ1v) is 6.94. The van der Waals surface area contributed by atoms with Gasteiger partial charge in [0, 0.05) is 9.35 Å². The van der Waals surface area contributed by atoms with Crippen molar-refractivity contribution in [1.82, 2.24) is 0 Å². The number of ether oxygens (including phenoxy) is 1. The van der Waals surface area contributed by atoms with Crippen LogP contribution in [0.25, 0.3) is 0 Å². The number of thiophene rings is 1. The van der Waals surface area contributed by atoms with E-state index in [0.717, 1.165) is 9.35 Å². The Labute approximate surface area is 111 Å². The Kier molecular flexibility index (Phi) is 2.76. The molecule has 1 unspecified atom stereocenters. The predicted molar refractivity (Wildman–Crippen MR) is 70.8 cm³/mol. The van der Waals surface area contributed by atoms with E-state index in [1.54, 1.807) is 11.3 Å². The second-order valence-corrected chi connectivity index (χ2v) is 5.78. The first kappa shape index (κ1) is 11.0. The van der Waals surface area contributed by atoms with Crippen LogP contribution in [-0.4, -0.2) is 5.78 Å². The topological polar surface area (TPSA) is 26.3 Å². The minimum absolute atomic E-state index is 0.135. The highest BCUT2D eigenvalue weighted by molar-refractivity contribution is 9.10. The number of ketones is 1. The van der Waals surface area contributed by atoms with Gasteiger partial charge in [-0.3, -0.25) is 4.79 Å². The molecule has 2 nitrogen and oxygen atoms in total. The third-order valence-corrected chi connectivity index (χ3v) is 4.20. The molecule has 0 bridgehead atoms. The van der Waals surface area contributed by atoms with Crippen LogP contribution >= 0.6 is 27.3 Å². The molecule has 0 fully saturated rings. The lowest BCUT2D eigenvalue weighted by Gasteiger charge is -2.24. The van der Waals surface area contributed by atoms with E-state index in [4.69, 9.17) is 4.74 Å². The first-order valence-electron chi connectivity index (χ1n) is 5.27. The van der Waals surface area contributed by atoms with Crippen molar-refractivity contribution in [3.05, 3.63) is 50.6 Å². The lowest BCUT2D eigenvalue weighted by Crippen LogP contribution is -2.19. The van der Waals surface area contributed by atoms with Gasteiger partial charge in [-0.15, -0.1) is 11.3 Å². The van der Waals surface area contributed by atoms with Crippen LogP contribution in [-0.2, 0) is 0 Å². The lowest BCUT2D eigenvalue weighted by molar-refractivity contribution is 0.0854. The van der Waals surface area contributed by atoms with Crippen molar-refractivity contribution in [2.24, 2.45) is 0 Å². The minimum atomic E-state index is -0.135. The van der Waals surface area contributed by atoms with E-state index in [1.807, 2.05) is 35.7 Å². The molecule has 0 radical (unpaired) electrons. The normalized spacial score (nSPS) is 18.6. The van der Waals surface area contributed by atoms with Crippen LogP contribution < -0.4 is 4.74 Å². The number of hydrogen-bond donors (Lipinski definition) is 0. The summed E-state index contributed by atoms with van der Waals surface area (Å²) in [5.74, 6) is 0.825. The Morgan fingerprint density at radius 1 is 1.35 bits per heavy atom. The molecule has 2 heterocycles. The van der Waals surface area contributed by atoms with Gasteiger partial charge in [-0.25, -0.2) is 0 Å². The molecule has 2 aromatic rings. The van der Waals surface area contributed by atoms with Crippen LogP contribution in [0.2, 0.25) is 0 Å². The first-order chi connectivity index (χ1) is 8.24. The Morgan fingerprint density at radius 2 is 2.24 bits per heavy atom. The number of hydrogen-bond acceptors (Lipinski definition) is 3. The maximum absolute atomic E-state index is 12.0. The molecular formula is C13H9BrO2S. The van der Waals surface area contributed by atoms with Crippen LogP contribution in [0, 0.1) is 0 Å². The molecule has 3 rings (SSSR count). The zero-order chi connectivity index (χ0) is 11.8. The standard InChI is InChI=1S/C13H9BrO2S/c14-8-3-4-9-10(15)7-12(16-11(9)6-8)13-2-1-5-17-13/h1-6,12H,7H2. The van der Waals surface area contributed by atoms with Gasteiger partial charge in [-0.1, -0.05) is 22.0 Å². The van der Waals surface area contributed by atoms with Gasteiger partial charge in [0.1, 0.15) is 11.9 Å². The van der Waals surface area contributed by atoms with Crippen LogP contribution in [0.3, 0.4) is 0 Å². The van der Waals surface area contributed by atoms with Crippen molar-refractivity contribution in [3.8, 4) is 5.75 Å². The number of rotatable bonds is 1. The highest BCUT2D eigenvalue weighted by Crippen LogP contribution is 2.37. The summed E-state index contributed by atoms with van der Waals surface area (Å²) < 4.78 is 6.81. The van der Waals surface area contributed by atoms with E-state index >= 15 is 0 Å². The molecule has 0 saturated carbocycles. The third-order valence-electron chi connectivity index (χ3n) is 2.74. The highest BCUT2D eigenvalue weighted by atomic mass is 79.9. The van der Waals surface area contributed by atoms with Crippen molar-refractivity contribution in [2.75, 3.05) is 0 Å². The molecule has 0 N–H and O–H groups in total. The summed E-state index contributed by atoms with van der Waals surface area (Å²) in [7, 11) is 0. The van der Waals surface area contributed by atoms with Crippen LogP contribution in [0.4, 0.5) is 0 Å². The van der Waals surface area contributed by atoms with Crippen molar-refractivity contribution < 1.29 is 9.53 Å². The average Bonchev–Trinajstić information content (AvgIpc) is 2.81. The Hall–Kier alpha value is -1.13. The smallest absolute Gasteiger partial charge is 0.170 e. The Bertz CT molecular complexity index is 563. The molecule has 0 saturated heterocycles. The zero-order valence-corrected chi connectivity index (χ0v) is 11.3. The lowest BCUT2D eigenvalue weighted by atomic mass is 10.00. The predicted octanol–water partition coefficient (Wildman–Crippen LogP) is 4.22. The zero-order valence-electron chi connectivity index (χ0n) is 8.85. The number of carbonyl (C=O) groups is 1. The van der Waals surface area contributed by atoms with Crippen molar-refractivity contribution in [2.45, 2.75) is 12.5 Å². The molecule has 0 spiro atoms. The van der Waals surface area contributed by atoms with Gasteiger partial charge in [-0.2, -0.15) is 0 Å². The van der Waals surface area contributed by atoms with E-state index in [1.165, 1.54) is 0 Å². The Balaban J connectivity index is 2.00. The maximum Gasteiger partial charge on any atom is 0.170 e. The van der Waals surface area contributed by atoms with E-state index in [-0.39, 0.29) is 11.9 Å². The fourth-order valence-corrected chi connectivity index (χ4v) is 3.03. The molecule has 1 aliphatic rings. The summed E-state index contributed by atoms with van der Waals surface area (Å²) in [4.78, 5) is 13.1. The second-order valence-electron chi connectivity index (χ2n) is 3.89. The summed E-state index contributed by atoms with van der Waals surface area (Å²) in [6.07, 6.45) is 0.291. The number of fused-ring (bicyclic) bond motifs is 1. The summed E-state index contributed by atoms with van der Waals surface area (Å²) >= 11 is 5.01. The molecular weight excluding hydrogens is 300 g/mol. The number of benzene rings is 1. The summed E-state index contributed by atoms with van der Waals surface area (Å²) in [6, 6.07) is 9.51. The second kappa shape index (κ2) is 4.27. The monoisotopic (exact) mass is 308 g/mol. The number of halogens is 1. The number of carbonyl (C=O) groups excluding carboxylic acids is 1. The van der Waals surface area contributed by atoms with Gasteiger partial charge in [0.15, 0.2) is 5.78 Å². The van der Waals surface area contributed by atoms with E-state index in [9.17, 15) is 4.79 Å². The van der Waals surface area contributed by atoms with Gasteiger partial charge >= 0.3 is 0 Å². The average molecular weight is 309 g/mol. The van der Waals surface area contributed by atoms with Crippen LogP contribution in [0.5, 0.6) is 5.75 Å². The van der Waals surface area contributed by atoms with Crippen molar-refractivity contribution in [3.63, 3.8) is 0 Å². The molecule has 1 atom stereocenters. The fourth-order valence-electron chi connectivity index (χ4n) is 1.93. The number of Topliss-reactive ketones (excluding diaryl/α,β-unsaturated/α-hetero) is 1. The molecule has 0 aliphatic carbocycles. The van der Waals surface area contributed by atoms with Gasteiger partial charge in [0.2, 0.25) is 0 Å². The van der Waals surface area contributed by atoms with Gasteiger partial charge in [-0.05, 0) is 29.6 Å². The Morgan fingerprint density at radius 3 is 3.00 bits per heavy atom. The van der Waals surface area contributed by atoms with Crippen LogP contribution in [0.1, 0.15) is 27.8 Å². The maximum atomic E-state index is 12.0. The third kappa shape index (κ3) is 2.03. The molecule has 17 heavy (non-hydrogen) atoms. The van der Waals surface area contributed by atoms with Crippen LogP contribution in [0.15, 0.2) is 40.2 Å². The minimum Gasteiger partial charge on any atom is -0.484 e. The van der Waals surface area contributed by atoms with Crippen molar-refractivity contribution >= 4 is 33.0 Å². The van der Waals surface area contributed by atoms with E-state index in [0.29, 0.717) is 17.7 Å². The molecule has 1 aromatic carbocycles. The van der Waals surface area contributed by atoms with Gasteiger partial charge in [0.05, 0.1) is 12.0 Å². The largest absolute Gasteiger partial charge is 0.484 e. The summed E-state index contributed by atoms with van der Waals surface area (Å²) in [6.45, 7) is 0. The highest BCUT2D eigenvalue weighted by Gasteiger charge is 2.28. The van der Waals surface area contributed by atoms with E-state index < -0.39 is 0 Å². The van der Waals surface area contributed by atoms with Gasteiger partial charge in [0.25, 0.3) is 0 Å². The summed E-state index contributed by atoms with van der Waals surface area (Å²) in [5, 5.41) is 2.00.